The zero-order chi connectivity index (χ0) is 14.2. The molecule has 0 radical (unpaired) electrons. The number of rotatable bonds is 5. The van der Waals surface area contributed by atoms with Crippen LogP contribution in [0.3, 0.4) is 0 Å². The van der Waals surface area contributed by atoms with Gasteiger partial charge < -0.3 is 10.1 Å². The molecule has 1 aromatic carbocycles. The topological polar surface area (TPSA) is 62.1 Å². The molecule has 0 atom stereocenters. The molecular weight excluding hydrogens is 252 g/mol. The number of nitriles is 1. The SMILES string of the molecule is N#CCOc1ccccc1NC(=O)CC1CCCCC1. The first kappa shape index (κ1) is 14.4. The smallest absolute Gasteiger partial charge is 0.224 e. The minimum atomic E-state index is -0.0183. The highest BCUT2D eigenvalue weighted by molar-refractivity contribution is 5.92. The number of carbonyl (C=O) groups is 1. The van der Waals surface area contributed by atoms with Gasteiger partial charge in [0.15, 0.2) is 6.61 Å². The molecule has 106 valence electrons. The Morgan fingerprint density at radius 1 is 1.30 bits per heavy atom. The average Bonchev–Trinajstić information content (AvgIpc) is 2.47. The predicted octanol–water partition coefficient (Wildman–Crippen LogP) is 3.50. The van der Waals surface area contributed by atoms with E-state index in [0.717, 1.165) is 12.8 Å². The van der Waals surface area contributed by atoms with Crippen LogP contribution in [0.25, 0.3) is 0 Å². The van der Waals surface area contributed by atoms with Crippen molar-refractivity contribution in [2.75, 3.05) is 11.9 Å². The first-order chi connectivity index (χ1) is 9.79. The van der Waals surface area contributed by atoms with Crippen LogP contribution in [0.1, 0.15) is 38.5 Å². The Bertz CT molecular complexity index is 487. The van der Waals surface area contributed by atoms with Gasteiger partial charge in [-0.25, -0.2) is 0 Å². The lowest BCUT2D eigenvalue weighted by Gasteiger charge is -2.21. The van der Waals surface area contributed by atoms with Gasteiger partial charge in [-0.1, -0.05) is 31.4 Å². The van der Waals surface area contributed by atoms with Crippen molar-refractivity contribution in [2.24, 2.45) is 5.92 Å². The molecule has 1 aliphatic rings. The minimum absolute atomic E-state index is 0.0183. The monoisotopic (exact) mass is 272 g/mol. The van der Waals surface area contributed by atoms with Crippen LogP contribution in [0.5, 0.6) is 5.75 Å². The summed E-state index contributed by atoms with van der Waals surface area (Å²) in [5.74, 6) is 1.09. The van der Waals surface area contributed by atoms with E-state index in [1.54, 1.807) is 12.1 Å². The molecule has 1 saturated carbocycles. The lowest BCUT2D eigenvalue weighted by atomic mass is 9.87. The summed E-state index contributed by atoms with van der Waals surface area (Å²) in [6, 6.07) is 9.15. The molecule has 1 aliphatic carbocycles. The summed E-state index contributed by atoms with van der Waals surface area (Å²) in [4.78, 5) is 12.1. The van der Waals surface area contributed by atoms with Crippen molar-refractivity contribution in [3.8, 4) is 11.8 Å². The predicted molar refractivity (Wildman–Crippen MR) is 77.4 cm³/mol. The molecule has 1 N–H and O–H groups in total. The van der Waals surface area contributed by atoms with Crippen LogP contribution in [0.15, 0.2) is 24.3 Å². The van der Waals surface area contributed by atoms with Gasteiger partial charge in [-0.15, -0.1) is 0 Å². The van der Waals surface area contributed by atoms with Crippen LogP contribution in [0.2, 0.25) is 0 Å². The van der Waals surface area contributed by atoms with E-state index in [-0.39, 0.29) is 12.5 Å². The first-order valence-corrected chi connectivity index (χ1v) is 7.18. The number of anilines is 1. The molecule has 0 heterocycles. The number of benzene rings is 1. The zero-order valence-electron chi connectivity index (χ0n) is 11.6. The van der Waals surface area contributed by atoms with Crippen LogP contribution in [0, 0.1) is 17.2 Å². The Morgan fingerprint density at radius 3 is 2.80 bits per heavy atom. The molecule has 2 rings (SSSR count). The number of nitrogens with zero attached hydrogens (tertiary/aromatic N) is 1. The fourth-order valence-corrected chi connectivity index (χ4v) is 2.66. The number of carbonyl (C=O) groups excluding carboxylic acids is 1. The van der Waals surface area contributed by atoms with Crippen molar-refractivity contribution < 1.29 is 9.53 Å². The summed E-state index contributed by atoms with van der Waals surface area (Å²) in [7, 11) is 0. The standard InChI is InChI=1S/C16H20N2O2/c17-10-11-20-15-9-5-4-8-14(15)18-16(19)12-13-6-2-1-3-7-13/h4-5,8-9,13H,1-3,6-7,11-12H2,(H,18,19). The van der Waals surface area contributed by atoms with Gasteiger partial charge in [0.2, 0.25) is 5.91 Å². The summed E-state index contributed by atoms with van der Waals surface area (Å²) in [5, 5.41) is 11.4. The number of para-hydroxylation sites is 2. The second-order valence-electron chi connectivity index (χ2n) is 5.20. The number of ether oxygens (including phenoxy) is 1. The number of amides is 1. The maximum absolute atomic E-state index is 12.1. The molecule has 0 saturated heterocycles. The van der Waals surface area contributed by atoms with Crippen molar-refractivity contribution in [1.29, 1.82) is 5.26 Å². The maximum atomic E-state index is 12.1. The lowest BCUT2D eigenvalue weighted by Crippen LogP contribution is -2.18. The average molecular weight is 272 g/mol. The van der Waals surface area contributed by atoms with E-state index in [9.17, 15) is 4.79 Å². The molecule has 1 amide bonds. The molecular formula is C16H20N2O2. The molecule has 1 aromatic rings. The highest BCUT2D eigenvalue weighted by Gasteiger charge is 2.17. The van der Waals surface area contributed by atoms with Crippen LogP contribution < -0.4 is 10.1 Å². The molecule has 0 bridgehead atoms. The van der Waals surface area contributed by atoms with Crippen molar-refractivity contribution in [1.82, 2.24) is 0 Å². The second kappa shape index (κ2) is 7.54. The van der Waals surface area contributed by atoms with Gasteiger partial charge in [-0.2, -0.15) is 5.26 Å². The van der Waals surface area contributed by atoms with Crippen molar-refractivity contribution in [3.05, 3.63) is 24.3 Å². The minimum Gasteiger partial charge on any atom is -0.477 e. The fourth-order valence-electron chi connectivity index (χ4n) is 2.66. The number of hydrogen-bond acceptors (Lipinski definition) is 3. The Labute approximate surface area is 119 Å². The largest absolute Gasteiger partial charge is 0.477 e. The van der Waals surface area contributed by atoms with Gasteiger partial charge in [0.1, 0.15) is 11.8 Å². The lowest BCUT2D eigenvalue weighted by molar-refractivity contribution is -0.117. The van der Waals surface area contributed by atoms with Crippen molar-refractivity contribution in [3.63, 3.8) is 0 Å². The highest BCUT2D eigenvalue weighted by Crippen LogP contribution is 2.28. The summed E-state index contributed by atoms with van der Waals surface area (Å²) in [5.41, 5.74) is 0.642. The molecule has 0 aliphatic heterocycles. The van der Waals surface area contributed by atoms with Crippen molar-refractivity contribution >= 4 is 11.6 Å². The summed E-state index contributed by atoms with van der Waals surface area (Å²) >= 11 is 0. The van der Waals surface area contributed by atoms with Gasteiger partial charge in [0.05, 0.1) is 5.69 Å². The molecule has 0 spiro atoms. The van der Waals surface area contributed by atoms with Crippen molar-refractivity contribution in [2.45, 2.75) is 38.5 Å². The highest BCUT2D eigenvalue weighted by atomic mass is 16.5. The first-order valence-electron chi connectivity index (χ1n) is 7.18. The van der Waals surface area contributed by atoms with E-state index in [1.165, 1.54) is 19.3 Å². The summed E-state index contributed by atoms with van der Waals surface area (Å²) in [6.07, 6.45) is 6.65. The quantitative estimate of drug-likeness (QED) is 0.892. The Hall–Kier alpha value is -2.02. The second-order valence-corrected chi connectivity index (χ2v) is 5.20. The van der Waals surface area contributed by atoms with Crippen LogP contribution in [-0.4, -0.2) is 12.5 Å². The molecule has 20 heavy (non-hydrogen) atoms. The van der Waals surface area contributed by atoms with Crippen LogP contribution >= 0.6 is 0 Å². The third-order valence-electron chi connectivity index (χ3n) is 3.65. The summed E-state index contributed by atoms with van der Waals surface area (Å²) < 4.78 is 5.30. The van der Waals surface area contributed by atoms with Gasteiger partial charge in [-0.3, -0.25) is 4.79 Å². The Balaban J connectivity index is 1.91. The number of hydrogen-bond donors (Lipinski definition) is 1. The normalized spacial score (nSPS) is 15.3. The summed E-state index contributed by atoms with van der Waals surface area (Å²) in [6.45, 7) is -0.0183. The van der Waals surface area contributed by atoms with Crippen LogP contribution in [0.4, 0.5) is 5.69 Å². The molecule has 4 heteroatoms. The van der Waals surface area contributed by atoms with E-state index in [2.05, 4.69) is 5.32 Å². The van der Waals surface area contributed by atoms with Gasteiger partial charge in [0, 0.05) is 6.42 Å². The molecule has 0 unspecified atom stereocenters. The van der Waals surface area contributed by atoms with Crippen LogP contribution in [-0.2, 0) is 4.79 Å². The van der Waals surface area contributed by atoms with E-state index < -0.39 is 0 Å². The Kier molecular flexibility index (Phi) is 5.43. The zero-order valence-corrected chi connectivity index (χ0v) is 11.6. The molecule has 4 nitrogen and oxygen atoms in total. The van der Waals surface area contributed by atoms with Gasteiger partial charge in [-0.05, 0) is 30.9 Å². The maximum Gasteiger partial charge on any atom is 0.224 e. The Morgan fingerprint density at radius 2 is 2.05 bits per heavy atom. The third-order valence-corrected chi connectivity index (χ3v) is 3.65. The molecule has 1 fully saturated rings. The van der Waals surface area contributed by atoms with E-state index in [1.807, 2.05) is 18.2 Å². The fraction of sp³-hybridized carbons (Fsp3) is 0.500. The van der Waals surface area contributed by atoms with Gasteiger partial charge >= 0.3 is 0 Å². The molecule has 0 aromatic heterocycles. The third kappa shape index (κ3) is 4.27. The van der Waals surface area contributed by atoms with Gasteiger partial charge in [0.25, 0.3) is 0 Å². The van der Waals surface area contributed by atoms with E-state index >= 15 is 0 Å². The number of nitrogens with one attached hydrogen (secondary N) is 1. The van der Waals surface area contributed by atoms with E-state index in [0.29, 0.717) is 23.8 Å². The van der Waals surface area contributed by atoms with E-state index in [4.69, 9.17) is 10.00 Å².